The Morgan fingerprint density at radius 1 is 1.00 bits per heavy atom. The number of amides is 1. The van der Waals surface area contributed by atoms with Crippen molar-refractivity contribution in [3.05, 3.63) is 0 Å². The highest BCUT2D eigenvalue weighted by Crippen LogP contribution is 2.17. The summed E-state index contributed by atoms with van der Waals surface area (Å²) >= 11 is 0. The average molecular weight is 292 g/mol. The Morgan fingerprint density at radius 2 is 1.47 bits per heavy atom. The number of hydrogen-bond acceptors (Lipinski definition) is 4. The highest BCUT2D eigenvalue weighted by molar-refractivity contribution is 7.86. The molecule has 2 heterocycles. The first-order valence-corrected chi connectivity index (χ1v) is 7.79. The SMILES string of the molecule is NC1CCN(S(=O)(=O)N2CCN(C(=O)O)CC2)CC1. The van der Waals surface area contributed by atoms with Gasteiger partial charge in [0.05, 0.1) is 0 Å². The van der Waals surface area contributed by atoms with Gasteiger partial charge in [-0.2, -0.15) is 17.0 Å². The molecule has 0 unspecified atom stereocenters. The molecule has 1 amide bonds. The van der Waals surface area contributed by atoms with Gasteiger partial charge in [-0.15, -0.1) is 0 Å². The van der Waals surface area contributed by atoms with Gasteiger partial charge in [-0.05, 0) is 12.8 Å². The van der Waals surface area contributed by atoms with Gasteiger partial charge in [-0.1, -0.05) is 0 Å². The molecule has 0 aromatic carbocycles. The third kappa shape index (κ3) is 3.16. The molecular weight excluding hydrogens is 272 g/mol. The maximum atomic E-state index is 12.4. The summed E-state index contributed by atoms with van der Waals surface area (Å²) in [5.41, 5.74) is 5.76. The van der Waals surface area contributed by atoms with Crippen LogP contribution in [0.5, 0.6) is 0 Å². The fourth-order valence-corrected chi connectivity index (χ4v) is 4.00. The van der Waals surface area contributed by atoms with Crippen LogP contribution in [0.4, 0.5) is 4.79 Å². The number of carbonyl (C=O) groups is 1. The zero-order valence-corrected chi connectivity index (χ0v) is 11.5. The molecule has 2 fully saturated rings. The van der Waals surface area contributed by atoms with Crippen LogP contribution in [0.1, 0.15) is 12.8 Å². The fraction of sp³-hybridized carbons (Fsp3) is 0.900. The van der Waals surface area contributed by atoms with Gasteiger partial charge in [0, 0.05) is 45.3 Å². The van der Waals surface area contributed by atoms with Crippen LogP contribution in [0.2, 0.25) is 0 Å². The summed E-state index contributed by atoms with van der Waals surface area (Å²) in [6, 6.07) is 0.0790. The third-order valence-electron chi connectivity index (χ3n) is 3.66. The molecule has 0 bridgehead atoms. The number of nitrogens with zero attached hydrogens (tertiary/aromatic N) is 3. The lowest BCUT2D eigenvalue weighted by atomic mass is 10.1. The Hall–Kier alpha value is -0.900. The maximum absolute atomic E-state index is 12.4. The first-order valence-electron chi connectivity index (χ1n) is 6.40. The average Bonchev–Trinajstić information content (AvgIpc) is 2.39. The van der Waals surface area contributed by atoms with Crippen LogP contribution in [0.3, 0.4) is 0 Å². The third-order valence-corrected chi connectivity index (χ3v) is 5.70. The van der Waals surface area contributed by atoms with Crippen molar-refractivity contribution >= 4 is 16.3 Å². The summed E-state index contributed by atoms with van der Waals surface area (Å²) in [4.78, 5) is 12.0. The molecule has 0 atom stereocenters. The predicted octanol–water partition coefficient (Wildman–Crippen LogP) is -1.05. The smallest absolute Gasteiger partial charge is 0.407 e. The van der Waals surface area contributed by atoms with E-state index in [9.17, 15) is 13.2 Å². The van der Waals surface area contributed by atoms with Gasteiger partial charge in [-0.25, -0.2) is 4.79 Å². The molecule has 9 heteroatoms. The molecule has 0 aromatic heterocycles. The second-order valence-electron chi connectivity index (χ2n) is 4.91. The van der Waals surface area contributed by atoms with Crippen molar-refractivity contribution in [1.82, 2.24) is 13.5 Å². The number of rotatable bonds is 2. The summed E-state index contributed by atoms with van der Waals surface area (Å²) in [7, 11) is -3.47. The molecule has 19 heavy (non-hydrogen) atoms. The Bertz CT molecular complexity index is 425. The maximum Gasteiger partial charge on any atom is 0.407 e. The van der Waals surface area contributed by atoms with E-state index in [1.807, 2.05) is 0 Å². The van der Waals surface area contributed by atoms with E-state index < -0.39 is 16.3 Å². The molecule has 2 rings (SSSR count). The topological polar surface area (TPSA) is 107 Å². The molecule has 2 aliphatic heterocycles. The van der Waals surface area contributed by atoms with Crippen LogP contribution in [0, 0.1) is 0 Å². The van der Waals surface area contributed by atoms with E-state index >= 15 is 0 Å². The zero-order valence-electron chi connectivity index (χ0n) is 10.7. The normalized spacial score (nSPS) is 24.6. The Kier molecular flexibility index (Phi) is 4.29. The molecule has 0 aromatic rings. The number of piperazine rings is 1. The molecule has 2 saturated heterocycles. The Labute approximate surface area is 112 Å². The molecule has 0 spiro atoms. The minimum Gasteiger partial charge on any atom is -0.465 e. The van der Waals surface area contributed by atoms with Crippen molar-refractivity contribution in [1.29, 1.82) is 0 Å². The van der Waals surface area contributed by atoms with E-state index in [1.54, 1.807) is 0 Å². The molecule has 0 radical (unpaired) electrons. The zero-order chi connectivity index (χ0) is 14.0. The van der Waals surface area contributed by atoms with Gasteiger partial charge in [0.2, 0.25) is 0 Å². The van der Waals surface area contributed by atoms with E-state index in [-0.39, 0.29) is 32.2 Å². The van der Waals surface area contributed by atoms with Gasteiger partial charge in [0.15, 0.2) is 0 Å². The highest BCUT2D eigenvalue weighted by atomic mass is 32.2. The van der Waals surface area contributed by atoms with Crippen molar-refractivity contribution in [3.8, 4) is 0 Å². The van der Waals surface area contributed by atoms with Crippen LogP contribution in [-0.2, 0) is 10.2 Å². The lowest BCUT2D eigenvalue weighted by Gasteiger charge is -2.37. The lowest BCUT2D eigenvalue weighted by molar-refractivity contribution is 0.124. The summed E-state index contributed by atoms with van der Waals surface area (Å²) in [6.45, 7) is 1.78. The van der Waals surface area contributed by atoms with E-state index in [0.29, 0.717) is 25.9 Å². The minimum absolute atomic E-state index is 0.0790. The largest absolute Gasteiger partial charge is 0.465 e. The number of hydrogen-bond donors (Lipinski definition) is 2. The van der Waals surface area contributed by atoms with Gasteiger partial charge in [0.25, 0.3) is 10.2 Å². The van der Waals surface area contributed by atoms with E-state index in [4.69, 9.17) is 10.8 Å². The van der Waals surface area contributed by atoms with Crippen LogP contribution in [-0.4, -0.2) is 78.4 Å². The Balaban J connectivity index is 1.96. The first kappa shape index (κ1) is 14.5. The molecule has 110 valence electrons. The molecule has 0 saturated carbocycles. The molecule has 2 aliphatic rings. The van der Waals surface area contributed by atoms with Gasteiger partial charge in [-0.3, -0.25) is 0 Å². The van der Waals surface area contributed by atoms with Crippen LogP contribution < -0.4 is 5.73 Å². The van der Waals surface area contributed by atoms with Crippen molar-refractivity contribution < 1.29 is 18.3 Å². The highest BCUT2D eigenvalue weighted by Gasteiger charge is 2.34. The summed E-state index contributed by atoms with van der Waals surface area (Å²) < 4.78 is 27.6. The van der Waals surface area contributed by atoms with Crippen molar-refractivity contribution in [3.63, 3.8) is 0 Å². The van der Waals surface area contributed by atoms with E-state index in [2.05, 4.69) is 0 Å². The second-order valence-corrected chi connectivity index (χ2v) is 6.84. The van der Waals surface area contributed by atoms with Crippen LogP contribution in [0.15, 0.2) is 0 Å². The summed E-state index contributed by atoms with van der Waals surface area (Å²) in [6.07, 6.45) is 0.351. The fourth-order valence-electron chi connectivity index (χ4n) is 2.38. The van der Waals surface area contributed by atoms with Crippen molar-refractivity contribution in [2.75, 3.05) is 39.3 Å². The number of carboxylic acid groups (broad SMARTS) is 1. The first-order chi connectivity index (χ1) is 8.91. The van der Waals surface area contributed by atoms with Crippen molar-refractivity contribution in [2.45, 2.75) is 18.9 Å². The van der Waals surface area contributed by atoms with E-state index in [0.717, 1.165) is 0 Å². The van der Waals surface area contributed by atoms with Gasteiger partial charge in [0.1, 0.15) is 0 Å². The van der Waals surface area contributed by atoms with Crippen molar-refractivity contribution in [2.24, 2.45) is 5.73 Å². The van der Waals surface area contributed by atoms with Gasteiger partial charge >= 0.3 is 6.09 Å². The molecule has 8 nitrogen and oxygen atoms in total. The minimum atomic E-state index is -3.47. The summed E-state index contributed by atoms with van der Waals surface area (Å²) in [5, 5.41) is 8.84. The van der Waals surface area contributed by atoms with Gasteiger partial charge < -0.3 is 15.7 Å². The predicted molar refractivity (Wildman–Crippen MR) is 68.9 cm³/mol. The standard InChI is InChI=1S/C10H20N4O4S/c11-9-1-3-13(4-2-9)19(17,18)14-7-5-12(6-8-14)10(15)16/h9H,1-8,11H2,(H,15,16). The quantitative estimate of drug-likeness (QED) is 0.675. The number of nitrogens with two attached hydrogens (primary N) is 1. The van der Waals surface area contributed by atoms with Crippen LogP contribution in [0.25, 0.3) is 0 Å². The lowest BCUT2D eigenvalue weighted by Crippen LogP contribution is -2.55. The number of piperidine rings is 1. The Morgan fingerprint density at radius 3 is 1.95 bits per heavy atom. The monoisotopic (exact) mass is 292 g/mol. The molecule has 3 N–H and O–H groups in total. The molecule has 0 aliphatic carbocycles. The summed E-state index contributed by atoms with van der Waals surface area (Å²) in [5.74, 6) is 0. The van der Waals surface area contributed by atoms with Crippen LogP contribution >= 0.6 is 0 Å². The van der Waals surface area contributed by atoms with E-state index in [1.165, 1.54) is 13.5 Å². The second kappa shape index (κ2) is 5.61. The molecular formula is C10H20N4O4S.